The maximum absolute atomic E-state index is 12.1. The molecule has 1 aromatic heterocycles. The van der Waals surface area contributed by atoms with Crippen molar-refractivity contribution < 1.29 is 8.78 Å². The summed E-state index contributed by atoms with van der Waals surface area (Å²) in [6, 6.07) is 3.85. The zero-order chi connectivity index (χ0) is 13.1. The number of halogens is 2. The van der Waals surface area contributed by atoms with Gasteiger partial charge in [0.05, 0.1) is 12.6 Å². The summed E-state index contributed by atoms with van der Waals surface area (Å²) in [5.41, 5.74) is 5.70. The first-order valence-electron chi connectivity index (χ1n) is 5.66. The van der Waals surface area contributed by atoms with Gasteiger partial charge in [-0.3, -0.25) is 0 Å². The molecule has 1 unspecified atom stereocenters. The molecule has 0 spiro atoms. The van der Waals surface area contributed by atoms with Crippen molar-refractivity contribution in [2.45, 2.75) is 38.7 Å². The SMILES string of the molecule is CC(C)(C)c1ccc(C(CN)NCC(F)F)s1. The largest absolute Gasteiger partial charge is 0.329 e. The Balaban J connectivity index is 2.72. The number of rotatable bonds is 5. The van der Waals surface area contributed by atoms with Gasteiger partial charge in [0.2, 0.25) is 0 Å². The van der Waals surface area contributed by atoms with Crippen LogP contribution >= 0.6 is 11.3 Å². The second-order valence-corrected chi connectivity index (χ2v) is 6.15. The Labute approximate surface area is 105 Å². The molecule has 0 aliphatic rings. The number of hydrogen-bond donors (Lipinski definition) is 2. The quantitative estimate of drug-likeness (QED) is 0.856. The third-order valence-corrected chi connectivity index (χ3v) is 4.09. The first-order chi connectivity index (χ1) is 7.84. The van der Waals surface area contributed by atoms with Crippen LogP contribution in [0.4, 0.5) is 8.78 Å². The van der Waals surface area contributed by atoms with Gasteiger partial charge in [0.1, 0.15) is 0 Å². The van der Waals surface area contributed by atoms with E-state index in [1.165, 1.54) is 4.88 Å². The summed E-state index contributed by atoms with van der Waals surface area (Å²) in [6.07, 6.45) is -2.34. The third kappa shape index (κ3) is 4.33. The highest BCUT2D eigenvalue weighted by Crippen LogP contribution is 2.32. The van der Waals surface area contributed by atoms with E-state index in [2.05, 4.69) is 26.1 Å². The minimum Gasteiger partial charge on any atom is -0.329 e. The van der Waals surface area contributed by atoms with Crippen molar-refractivity contribution in [3.63, 3.8) is 0 Å². The van der Waals surface area contributed by atoms with E-state index in [-0.39, 0.29) is 18.0 Å². The highest BCUT2D eigenvalue weighted by Gasteiger charge is 2.19. The van der Waals surface area contributed by atoms with Crippen molar-refractivity contribution >= 4 is 11.3 Å². The first kappa shape index (κ1) is 14.5. The van der Waals surface area contributed by atoms with E-state index >= 15 is 0 Å². The number of hydrogen-bond acceptors (Lipinski definition) is 3. The van der Waals surface area contributed by atoms with Gasteiger partial charge in [0.25, 0.3) is 6.43 Å². The molecule has 1 rings (SSSR count). The molecule has 0 saturated carbocycles. The predicted molar refractivity (Wildman–Crippen MR) is 68.8 cm³/mol. The fourth-order valence-corrected chi connectivity index (χ4v) is 2.63. The van der Waals surface area contributed by atoms with Gasteiger partial charge in [0, 0.05) is 16.3 Å². The van der Waals surface area contributed by atoms with Crippen LogP contribution in [0.5, 0.6) is 0 Å². The fourth-order valence-electron chi connectivity index (χ4n) is 1.47. The van der Waals surface area contributed by atoms with Crippen LogP contribution < -0.4 is 11.1 Å². The number of alkyl halides is 2. The van der Waals surface area contributed by atoms with Crippen LogP contribution in [-0.4, -0.2) is 19.5 Å². The molecule has 0 fully saturated rings. The van der Waals surface area contributed by atoms with Crippen molar-refractivity contribution in [2.75, 3.05) is 13.1 Å². The zero-order valence-electron chi connectivity index (χ0n) is 10.5. The maximum atomic E-state index is 12.1. The molecule has 0 bridgehead atoms. The van der Waals surface area contributed by atoms with Crippen molar-refractivity contribution in [2.24, 2.45) is 5.73 Å². The lowest BCUT2D eigenvalue weighted by Gasteiger charge is -2.17. The number of nitrogens with two attached hydrogens (primary N) is 1. The van der Waals surface area contributed by atoms with Crippen LogP contribution in [0, 0.1) is 0 Å². The minimum absolute atomic E-state index is 0.0881. The summed E-state index contributed by atoms with van der Waals surface area (Å²) in [5.74, 6) is 0. The smallest absolute Gasteiger partial charge is 0.250 e. The summed E-state index contributed by atoms with van der Waals surface area (Å²) < 4.78 is 24.3. The van der Waals surface area contributed by atoms with E-state index in [9.17, 15) is 8.78 Å². The van der Waals surface area contributed by atoms with E-state index < -0.39 is 6.43 Å². The lowest BCUT2D eigenvalue weighted by atomic mass is 9.95. The van der Waals surface area contributed by atoms with Crippen LogP contribution in [-0.2, 0) is 5.41 Å². The lowest BCUT2D eigenvalue weighted by molar-refractivity contribution is 0.142. The van der Waals surface area contributed by atoms with Crippen LogP contribution in [0.2, 0.25) is 0 Å². The normalized spacial score (nSPS) is 14.3. The summed E-state index contributed by atoms with van der Waals surface area (Å²) in [5, 5.41) is 2.79. The zero-order valence-corrected chi connectivity index (χ0v) is 11.3. The van der Waals surface area contributed by atoms with Gasteiger partial charge in [-0.1, -0.05) is 20.8 Å². The molecule has 1 atom stereocenters. The Bertz CT molecular complexity index is 345. The molecule has 2 nitrogen and oxygen atoms in total. The number of nitrogens with one attached hydrogen (secondary N) is 1. The van der Waals surface area contributed by atoms with Crippen LogP contribution in [0.3, 0.4) is 0 Å². The molecule has 5 heteroatoms. The van der Waals surface area contributed by atoms with E-state index in [0.29, 0.717) is 6.54 Å². The Morgan fingerprint density at radius 1 is 1.35 bits per heavy atom. The molecule has 1 aromatic rings. The predicted octanol–water partition coefficient (Wildman–Crippen LogP) is 2.90. The monoisotopic (exact) mass is 262 g/mol. The van der Waals surface area contributed by atoms with Crippen LogP contribution in [0.15, 0.2) is 12.1 Å². The van der Waals surface area contributed by atoms with Gasteiger partial charge in [-0.25, -0.2) is 8.78 Å². The average Bonchev–Trinajstić information content (AvgIpc) is 2.67. The second-order valence-electron chi connectivity index (χ2n) is 5.04. The molecule has 0 amide bonds. The molecule has 0 aromatic carbocycles. The number of thiophene rings is 1. The first-order valence-corrected chi connectivity index (χ1v) is 6.48. The maximum Gasteiger partial charge on any atom is 0.250 e. The van der Waals surface area contributed by atoms with Gasteiger partial charge in [0.15, 0.2) is 0 Å². The van der Waals surface area contributed by atoms with Crippen LogP contribution in [0.25, 0.3) is 0 Å². The van der Waals surface area contributed by atoms with E-state index in [4.69, 9.17) is 5.73 Å². The van der Waals surface area contributed by atoms with Gasteiger partial charge < -0.3 is 11.1 Å². The Morgan fingerprint density at radius 2 is 2.00 bits per heavy atom. The molecule has 3 N–H and O–H groups in total. The minimum atomic E-state index is -2.34. The molecule has 1 heterocycles. The highest BCUT2D eigenvalue weighted by molar-refractivity contribution is 7.12. The third-order valence-electron chi connectivity index (χ3n) is 2.46. The van der Waals surface area contributed by atoms with Crippen molar-refractivity contribution in [3.8, 4) is 0 Å². The van der Waals surface area contributed by atoms with Gasteiger partial charge >= 0.3 is 0 Å². The summed E-state index contributed by atoms with van der Waals surface area (Å²) in [7, 11) is 0. The molecule has 0 aliphatic carbocycles. The fraction of sp³-hybridized carbons (Fsp3) is 0.667. The van der Waals surface area contributed by atoms with E-state index in [1.54, 1.807) is 11.3 Å². The summed E-state index contributed by atoms with van der Waals surface area (Å²) >= 11 is 1.64. The molecule has 17 heavy (non-hydrogen) atoms. The molecule has 0 saturated heterocycles. The molecule has 0 aliphatic heterocycles. The highest BCUT2D eigenvalue weighted by atomic mass is 32.1. The van der Waals surface area contributed by atoms with Gasteiger partial charge in [-0.15, -0.1) is 11.3 Å². The Morgan fingerprint density at radius 3 is 2.41 bits per heavy atom. The van der Waals surface area contributed by atoms with Crippen molar-refractivity contribution in [1.29, 1.82) is 0 Å². The molecule has 98 valence electrons. The van der Waals surface area contributed by atoms with Gasteiger partial charge in [-0.05, 0) is 17.5 Å². The van der Waals surface area contributed by atoms with E-state index in [0.717, 1.165) is 4.88 Å². The topological polar surface area (TPSA) is 38.0 Å². The van der Waals surface area contributed by atoms with Crippen molar-refractivity contribution in [3.05, 3.63) is 21.9 Å². The van der Waals surface area contributed by atoms with Crippen molar-refractivity contribution in [1.82, 2.24) is 5.32 Å². The lowest BCUT2D eigenvalue weighted by Crippen LogP contribution is -2.31. The average molecular weight is 262 g/mol. The van der Waals surface area contributed by atoms with Crippen LogP contribution in [0.1, 0.15) is 36.6 Å². The Kier molecular flexibility index (Phi) is 5.04. The summed E-state index contributed by atoms with van der Waals surface area (Å²) in [6.45, 7) is 6.41. The van der Waals surface area contributed by atoms with E-state index in [1.807, 2.05) is 12.1 Å². The summed E-state index contributed by atoms with van der Waals surface area (Å²) in [4.78, 5) is 2.27. The molecular weight excluding hydrogens is 242 g/mol. The Hall–Kier alpha value is -0.520. The van der Waals surface area contributed by atoms with Gasteiger partial charge in [-0.2, -0.15) is 0 Å². The molecule has 0 radical (unpaired) electrons. The molecular formula is C12H20F2N2S. The second kappa shape index (κ2) is 5.89. The standard InChI is InChI=1S/C12H20F2N2S/c1-12(2,3)10-5-4-9(17-10)8(6-15)16-7-11(13)14/h4-5,8,11,16H,6-7,15H2,1-3H3.